The number of hydrogen-bond acceptors (Lipinski definition) is 4. The molecule has 0 bridgehead atoms. The van der Waals surface area contributed by atoms with E-state index in [1.807, 2.05) is 47.9 Å². The van der Waals surface area contributed by atoms with E-state index in [4.69, 9.17) is 0 Å². The highest BCUT2D eigenvalue weighted by Gasteiger charge is 2.18. The van der Waals surface area contributed by atoms with Crippen molar-refractivity contribution in [2.75, 3.05) is 24.6 Å². The Morgan fingerprint density at radius 2 is 2.00 bits per heavy atom. The van der Waals surface area contributed by atoms with Crippen molar-refractivity contribution in [2.24, 2.45) is 0 Å². The fraction of sp³-hybridized carbons (Fsp3) is 0.400. The summed E-state index contributed by atoms with van der Waals surface area (Å²) in [7, 11) is 0. The fourth-order valence-electron chi connectivity index (χ4n) is 2.38. The van der Waals surface area contributed by atoms with E-state index >= 15 is 0 Å². The summed E-state index contributed by atoms with van der Waals surface area (Å²) in [6.07, 6.45) is 3.17. The highest BCUT2D eigenvalue weighted by Crippen LogP contribution is 2.16. The summed E-state index contributed by atoms with van der Waals surface area (Å²) in [5.41, 5.74) is 2.02. The largest absolute Gasteiger partial charge is 0.331 e. The van der Waals surface area contributed by atoms with E-state index in [1.54, 1.807) is 11.0 Å². The van der Waals surface area contributed by atoms with E-state index in [-0.39, 0.29) is 12.1 Å². The van der Waals surface area contributed by atoms with Gasteiger partial charge in [0.15, 0.2) is 0 Å². The lowest BCUT2D eigenvalue weighted by Gasteiger charge is -2.28. The van der Waals surface area contributed by atoms with Gasteiger partial charge in [0.25, 0.3) is 0 Å². The van der Waals surface area contributed by atoms with Gasteiger partial charge in [0.2, 0.25) is 0 Å². The van der Waals surface area contributed by atoms with Crippen LogP contribution >= 0.6 is 11.8 Å². The van der Waals surface area contributed by atoms with Gasteiger partial charge in [-0.25, -0.2) is 14.5 Å². The molecule has 2 amide bonds. The van der Waals surface area contributed by atoms with E-state index in [2.05, 4.69) is 15.4 Å². The van der Waals surface area contributed by atoms with Crippen molar-refractivity contribution in [2.45, 2.75) is 13.0 Å². The molecule has 2 aromatic rings. The summed E-state index contributed by atoms with van der Waals surface area (Å²) >= 11 is 1.90. The van der Waals surface area contributed by atoms with Crippen LogP contribution in [0.4, 0.5) is 4.79 Å². The Morgan fingerprint density at radius 3 is 2.64 bits per heavy atom. The van der Waals surface area contributed by atoms with Crippen molar-refractivity contribution in [1.29, 1.82) is 0 Å². The Bertz CT molecular complexity index is 607. The second kappa shape index (κ2) is 6.83. The average molecular weight is 317 g/mol. The molecule has 0 unspecified atom stereocenters. The molecule has 1 aromatic heterocycles. The number of carbonyl (C=O) groups is 1. The van der Waals surface area contributed by atoms with Crippen LogP contribution in [0.1, 0.15) is 18.5 Å². The molecule has 2 heterocycles. The third-order valence-corrected chi connectivity index (χ3v) is 4.66. The standard InChI is InChI=1S/C15H19N5OS/c1-12(18-15(21)19-6-8-22-9-7-19)13-2-4-14(5-3-13)20-11-16-10-17-20/h2-5,10-12H,6-9H2,1H3,(H,18,21)/t12-/m1/s1. The molecule has 22 heavy (non-hydrogen) atoms. The van der Waals surface area contributed by atoms with Gasteiger partial charge in [-0.05, 0) is 24.6 Å². The Labute approximate surface area is 133 Å². The Kier molecular flexibility index (Phi) is 4.62. The molecular formula is C15H19N5OS. The average Bonchev–Trinajstić information content (AvgIpc) is 3.10. The van der Waals surface area contributed by atoms with Crippen LogP contribution in [-0.2, 0) is 0 Å². The highest BCUT2D eigenvalue weighted by molar-refractivity contribution is 7.99. The molecule has 7 heteroatoms. The first-order valence-corrected chi connectivity index (χ1v) is 8.47. The zero-order valence-electron chi connectivity index (χ0n) is 12.5. The van der Waals surface area contributed by atoms with Crippen molar-refractivity contribution in [3.05, 3.63) is 42.5 Å². The Balaban J connectivity index is 1.62. The summed E-state index contributed by atoms with van der Waals surface area (Å²) in [5, 5.41) is 7.16. The number of aromatic nitrogens is 3. The first-order chi connectivity index (χ1) is 10.7. The van der Waals surface area contributed by atoms with Crippen LogP contribution in [0, 0.1) is 0 Å². The molecule has 6 nitrogen and oxygen atoms in total. The summed E-state index contributed by atoms with van der Waals surface area (Å²) in [6, 6.07) is 7.97. The van der Waals surface area contributed by atoms with Gasteiger partial charge >= 0.3 is 6.03 Å². The van der Waals surface area contributed by atoms with Crippen LogP contribution < -0.4 is 5.32 Å². The van der Waals surface area contributed by atoms with Crippen LogP contribution in [0.5, 0.6) is 0 Å². The number of hydrogen-bond donors (Lipinski definition) is 1. The van der Waals surface area contributed by atoms with Crippen LogP contribution in [0.2, 0.25) is 0 Å². The zero-order valence-corrected chi connectivity index (χ0v) is 13.3. The molecule has 1 atom stereocenters. The maximum absolute atomic E-state index is 12.2. The zero-order chi connectivity index (χ0) is 15.4. The lowest BCUT2D eigenvalue weighted by atomic mass is 10.1. The van der Waals surface area contributed by atoms with Gasteiger partial charge in [-0.15, -0.1) is 0 Å². The quantitative estimate of drug-likeness (QED) is 0.941. The topological polar surface area (TPSA) is 63.1 Å². The van der Waals surface area contributed by atoms with Crippen molar-refractivity contribution in [3.8, 4) is 5.69 Å². The van der Waals surface area contributed by atoms with Gasteiger partial charge in [-0.2, -0.15) is 16.9 Å². The van der Waals surface area contributed by atoms with Gasteiger partial charge in [0.1, 0.15) is 12.7 Å². The Hall–Kier alpha value is -2.02. The first-order valence-electron chi connectivity index (χ1n) is 7.32. The molecule has 1 saturated heterocycles. The number of nitrogens with one attached hydrogen (secondary N) is 1. The van der Waals surface area contributed by atoms with Crippen molar-refractivity contribution < 1.29 is 4.79 Å². The number of rotatable bonds is 3. The smallest absolute Gasteiger partial charge is 0.317 e. The van der Waals surface area contributed by atoms with E-state index < -0.39 is 0 Å². The molecule has 1 aromatic carbocycles. The minimum atomic E-state index is -0.0214. The molecule has 1 aliphatic rings. The molecule has 3 rings (SSSR count). The van der Waals surface area contributed by atoms with Gasteiger partial charge in [0.05, 0.1) is 11.7 Å². The Morgan fingerprint density at radius 1 is 1.27 bits per heavy atom. The molecular weight excluding hydrogens is 298 g/mol. The maximum Gasteiger partial charge on any atom is 0.317 e. The minimum Gasteiger partial charge on any atom is -0.331 e. The van der Waals surface area contributed by atoms with E-state index in [1.165, 1.54) is 6.33 Å². The summed E-state index contributed by atoms with van der Waals surface area (Å²) in [4.78, 5) is 18.0. The second-order valence-corrected chi connectivity index (χ2v) is 6.43. The first kappa shape index (κ1) is 14.9. The number of benzene rings is 1. The number of amides is 2. The molecule has 1 N–H and O–H groups in total. The maximum atomic E-state index is 12.2. The van der Waals surface area contributed by atoms with Crippen LogP contribution in [0.25, 0.3) is 5.69 Å². The monoisotopic (exact) mass is 317 g/mol. The normalized spacial score (nSPS) is 16.3. The van der Waals surface area contributed by atoms with Gasteiger partial charge in [-0.3, -0.25) is 0 Å². The number of thioether (sulfide) groups is 1. The van der Waals surface area contributed by atoms with Gasteiger partial charge in [-0.1, -0.05) is 12.1 Å². The van der Waals surface area contributed by atoms with Gasteiger partial charge in [0, 0.05) is 24.6 Å². The highest BCUT2D eigenvalue weighted by atomic mass is 32.2. The summed E-state index contributed by atoms with van der Waals surface area (Å²) in [5.74, 6) is 2.04. The summed E-state index contributed by atoms with van der Waals surface area (Å²) in [6.45, 7) is 3.66. The molecule has 0 saturated carbocycles. The molecule has 0 radical (unpaired) electrons. The van der Waals surface area contributed by atoms with Crippen LogP contribution in [-0.4, -0.2) is 50.3 Å². The third kappa shape index (κ3) is 3.41. The number of carbonyl (C=O) groups excluding carboxylic acids is 1. The molecule has 0 aliphatic carbocycles. The van der Waals surface area contributed by atoms with E-state index in [0.29, 0.717) is 0 Å². The predicted octanol–water partition coefficient (Wildman–Crippen LogP) is 2.09. The SMILES string of the molecule is C[C@@H](NC(=O)N1CCSCC1)c1ccc(-n2cncn2)cc1. The van der Waals surface area contributed by atoms with E-state index in [9.17, 15) is 4.79 Å². The summed E-state index contributed by atoms with van der Waals surface area (Å²) < 4.78 is 1.71. The molecule has 1 aliphatic heterocycles. The van der Waals surface area contributed by atoms with Crippen LogP contribution in [0.3, 0.4) is 0 Å². The lowest BCUT2D eigenvalue weighted by Crippen LogP contribution is -2.45. The number of nitrogens with zero attached hydrogens (tertiary/aromatic N) is 4. The fourth-order valence-corrected chi connectivity index (χ4v) is 3.29. The van der Waals surface area contributed by atoms with Gasteiger partial charge < -0.3 is 10.2 Å². The molecule has 1 fully saturated rings. The lowest BCUT2D eigenvalue weighted by molar-refractivity contribution is 0.200. The van der Waals surface area contributed by atoms with Crippen molar-refractivity contribution in [1.82, 2.24) is 25.0 Å². The van der Waals surface area contributed by atoms with Crippen molar-refractivity contribution in [3.63, 3.8) is 0 Å². The second-order valence-electron chi connectivity index (χ2n) is 5.20. The molecule has 0 spiro atoms. The van der Waals surface area contributed by atoms with Crippen LogP contribution in [0.15, 0.2) is 36.9 Å². The number of urea groups is 1. The van der Waals surface area contributed by atoms with Crippen molar-refractivity contribution >= 4 is 17.8 Å². The van der Waals surface area contributed by atoms with E-state index in [0.717, 1.165) is 35.8 Å². The molecule has 116 valence electrons. The third-order valence-electron chi connectivity index (χ3n) is 3.71. The predicted molar refractivity (Wildman–Crippen MR) is 87.2 cm³/mol. The minimum absolute atomic E-state index is 0.0214.